The second-order valence-corrected chi connectivity index (χ2v) is 5.90. The summed E-state index contributed by atoms with van der Waals surface area (Å²) in [5, 5.41) is 12.2. The Bertz CT molecular complexity index is 565. The predicted octanol–water partition coefficient (Wildman–Crippen LogP) is 2.43. The fourth-order valence-electron chi connectivity index (χ4n) is 2.01. The van der Waals surface area contributed by atoms with E-state index in [9.17, 15) is 9.90 Å². The van der Waals surface area contributed by atoms with E-state index in [2.05, 4.69) is 24.1 Å². The summed E-state index contributed by atoms with van der Waals surface area (Å²) < 4.78 is 0.997. The number of hydrogen-bond donors (Lipinski definition) is 2. The molecule has 0 saturated carbocycles. The van der Waals surface area contributed by atoms with Crippen LogP contribution in [0.1, 0.15) is 30.6 Å². The lowest BCUT2D eigenvalue weighted by atomic mass is 10.0. The second kappa shape index (κ2) is 6.12. The first kappa shape index (κ1) is 14.0. The first-order valence-corrected chi connectivity index (χ1v) is 7.23. The number of hydrogen-bond acceptors (Lipinski definition) is 4. The fourth-order valence-corrected chi connectivity index (χ4v) is 2.73. The standard InChI is InChI=1S/C14H18N2O2S/c1-9(2)5-11(7-17)16-14(18)10-3-4-12-13(6-10)19-8-15-12/h3-4,6,8-9,11,17H,5,7H2,1-2H3,(H,16,18). The molecule has 0 bridgehead atoms. The molecule has 4 nitrogen and oxygen atoms in total. The summed E-state index contributed by atoms with van der Waals surface area (Å²) in [6.07, 6.45) is 0.769. The van der Waals surface area contributed by atoms with E-state index >= 15 is 0 Å². The average Bonchev–Trinajstić information content (AvgIpc) is 2.84. The number of amides is 1. The molecule has 19 heavy (non-hydrogen) atoms. The van der Waals surface area contributed by atoms with E-state index in [0.29, 0.717) is 11.5 Å². The van der Waals surface area contributed by atoms with Gasteiger partial charge in [0.25, 0.3) is 5.91 Å². The number of fused-ring (bicyclic) bond motifs is 1. The number of carbonyl (C=O) groups excluding carboxylic acids is 1. The minimum Gasteiger partial charge on any atom is -0.394 e. The summed E-state index contributed by atoms with van der Waals surface area (Å²) in [5.74, 6) is 0.288. The Hall–Kier alpha value is -1.46. The summed E-state index contributed by atoms with van der Waals surface area (Å²) in [6, 6.07) is 5.26. The van der Waals surface area contributed by atoms with Gasteiger partial charge in [0.1, 0.15) is 0 Å². The normalized spacial score (nSPS) is 12.8. The Balaban J connectivity index is 2.09. The van der Waals surface area contributed by atoms with Crippen LogP contribution >= 0.6 is 11.3 Å². The van der Waals surface area contributed by atoms with Gasteiger partial charge in [0, 0.05) is 5.56 Å². The van der Waals surface area contributed by atoms with Crippen molar-refractivity contribution in [3.8, 4) is 0 Å². The lowest BCUT2D eigenvalue weighted by molar-refractivity contribution is 0.0908. The molecule has 0 aliphatic heterocycles. The molecular weight excluding hydrogens is 260 g/mol. The molecule has 2 aromatic rings. The van der Waals surface area contributed by atoms with Gasteiger partial charge in [-0.3, -0.25) is 4.79 Å². The number of aliphatic hydroxyl groups excluding tert-OH is 1. The maximum atomic E-state index is 12.1. The number of carbonyl (C=O) groups is 1. The third-order valence-electron chi connectivity index (χ3n) is 2.90. The van der Waals surface area contributed by atoms with Crippen LogP contribution in [-0.4, -0.2) is 28.6 Å². The second-order valence-electron chi connectivity index (χ2n) is 5.02. The van der Waals surface area contributed by atoms with E-state index in [1.165, 1.54) is 11.3 Å². The van der Waals surface area contributed by atoms with Gasteiger partial charge in [-0.15, -0.1) is 11.3 Å². The maximum absolute atomic E-state index is 12.1. The van der Waals surface area contributed by atoms with Crippen LogP contribution < -0.4 is 5.32 Å². The number of nitrogens with one attached hydrogen (secondary N) is 1. The van der Waals surface area contributed by atoms with Crippen molar-refractivity contribution >= 4 is 27.5 Å². The van der Waals surface area contributed by atoms with Crippen molar-refractivity contribution in [2.45, 2.75) is 26.3 Å². The van der Waals surface area contributed by atoms with Crippen LogP contribution in [0.15, 0.2) is 23.7 Å². The first-order chi connectivity index (χ1) is 9.10. The van der Waals surface area contributed by atoms with E-state index in [4.69, 9.17) is 0 Å². The molecule has 2 rings (SSSR count). The van der Waals surface area contributed by atoms with Crippen molar-refractivity contribution < 1.29 is 9.90 Å². The molecule has 0 fully saturated rings. The van der Waals surface area contributed by atoms with Crippen molar-refractivity contribution in [1.82, 2.24) is 10.3 Å². The van der Waals surface area contributed by atoms with Gasteiger partial charge >= 0.3 is 0 Å². The molecule has 0 aliphatic carbocycles. The molecule has 0 aliphatic rings. The van der Waals surface area contributed by atoms with E-state index < -0.39 is 0 Å². The topological polar surface area (TPSA) is 62.2 Å². The molecule has 1 heterocycles. The zero-order valence-electron chi connectivity index (χ0n) is 11.1. The molecular formula is C14H18N2O2S. The van der Waals surface area contributed by atoms with E-state index in [-0.39, 0.29) is 18.6 Å². The Morgan fingerprint density at radius 1 is 1.47 bits per heavy atom. The monoisotopic (exact) mass is 278 g/mol. The molecule has 102 valence electrons. The van der Waals surface area contributed by atoms with Crippen LogP contribution in [0, 0.1) is 5.92 Å². The Morgan fingerprint density at radius 3 is 2.95 bits per heavy atom. The maximum Gasteiger partial charge on any atom is 0.251 e. The zero-order chi connectivity index (χ0) is 13.8. The molecule has 1 atom stereocenters. The largest absolute Gasteiger partial charge is 0.394 e. The molecule has 1 amide bonds. The van der Waals surface area contributed by atoms with Crippen LogP contribution in [0.3, 0.4) is 0 Å². The number of thiazole rings is 1. The van der Waals surface area contributed by atoms with E-state index in [0.717, 1.165) is 16.6 Å². The molecule has 1 aromatic heterocycles. The highest BCUT2D eigenvalue weighted by Gasteiger charge is 2.14. The Morgan fingerprint density at radius 2 is 2.26 bits per heavy atom. The average molecular weight is 278 g/mol. The van der Waals surface area contributed by atoms with Crippen LogP contribution in [0.4, 0.5) is 0 Å². The highest BCUT2D eigenvalue weighted by Crippen LogP contribution is 2.19. The van der Waals surface area contributed by atoms with Crippen molar-refractivity contribution in [1.29, 1.82) is 0 Å². The smallest absolute Gasteiger partial charge is 0.251 e. The van der Waals surface area contributed by atoms with Crippen LogP contribution in [0.2, 0.25) is 0 Å². The quantitative estimate of drug-likeness (QED) is 0.883. The third kappa shape index (κ3) is 3.52. The number of nitrogens with zero attached hydrogens (tertiary/aromatic N) is 1. The van der Waals surface area contributed by atoms with Crippen molar-refractivity contribution in [3.05, 3.63) is 29.3 Å². The minimum absolute atomic E-state index is 0.0350. The molecule has 0 radical (unpaired) electrons. The molecule has 2 N–H and O–H groups in total. The van der Waals surface area contributed by atoms with Gasteiger partial charge in [0.05, 0.1) is 28.4 Å². The van der Waals surface area contributed by atoms with Gasteiger partial charge in [0.2, 0.25) is 0 Å². The third-order valence-corrected chi connectivity index (χ3v) is 3.70. The summed E-state index contributed by atoms with van der Waals surface area (Å²) in [7, 11) is 0. The summed E-state index contributed by atoms with van der Waals surface area (Å²) >= 11 is 1.51. The Labute approximate surface area is 116 Å². The summed E-state index contributed by atoms with van der Waals surface area (Å²) in [4.78, 5) is 16.3. The number of benzene rings is 1. The van der Waals surface area contributed by atoms with Crippen molar-refractivity contribution in [3.63, 3.8) is 0 Å². The van der Waals surface area contributed by atoms with Gasteiger partial charge in [-0.05, 0) is 30.5 Å². The summed E-state index contributed by atoms with van der Waals surface area (Å²) in [5.41, 5.74) is 3.28. The Kier molecular flexibility index (Phi) is 4.50. The van der Waals surface area contributed by atoms with Gasteiger partial charge in [-0.2, -0.15) is 0 Å². The molecule has 0 saturated heterocycles. The highest BCUT2D eigenvalue weighted by atomic mass is 32.1. The number of aliphatic hydroxyl groups is 1. The number of rotatable bonds is 5. The van der Waals surface area contributed by atoms with Gasteiger partial charge in [0.15, 0.2) is 0 Å². The van der Waals surface area contributed by atoms with Gasteiger partial charge in [-0.25, -0.2) is 4.98 Å². The molecule has 0 spiro atoms. The SMILES string of the molecule is CC(C)CC(CO)NC(=O)c1ccc2ncsc2c1. The number of aromatic nitrogens is 1. The highest BCUT2D eigenvalue weighted by molar-refractivity contribution is 7.16. The first-order valence-electron chi connectivity index (χ1n) is 6.35. The van der Waals surface area contributed by atoms with Crippen LogP contribution in [0.5, 0.6) is 0 Å². The van der Waals surface area contributed by atoms with Crippen LogP contribution in [-0.2, 0) is 0 Å². The molecule has 5 heteroatoms. The fraction of sp³-hybridized carbons (Fsp3) is 0.429. The van der Waals surface area contributed by atoms with Crippen LogP contribution in [0.25, 0.3) is 10.2 Å². The molecule has 1 unspecified atom stereocenters. The van der Waals surface area contributed by atoms with Gasteiger partial charge in [-0.1, -0.05) is 13.8 Å². The predicted molar refractivity (Wildman–Crippen MR) is 77.4 cm³/mol. The van der Waals surface area contributed by atoms with Crippen molar-refractivity contribution in [2.24, 2.45) is 5.92 Å². The van der Waals surface area contributed by atoms with E-state index in [1.807, 2.05) is 12.1 Å². The lowest BCUT2D eigenvalue weighted by Gasteiger charge is -2.18. The lowest BCUT2D eigenvalue weighted by Crippen LogP contribution is -2.38. The van der Waals surface area contributed by atoms with Gasteiger partial charge < -0.3 is 10.4 Å². The van der Waals surface area contributed by atoms with Crippen molar-refractivity contribution in [2.75, 3.05) is 6.61 Å². The zero-order valence-corrected chi connectivity index (χ0v) is 11.9. The minimum atomic E-state index is -0.190. The molecule has 1 aromatic carbocycles. The summed E-state index contributed by atoms with van der Waals surface area (Å²) in [6.45, 7) is 4.10. The van der Waals surface area contributed by atoms with E-state index in [1.54, 1.807) is 11.6 Å².